The number of pyridine rings is 1. The van der Waals surface area contributed by atoms with Crippen molar-refractivity contribution in [2.24, 2.45) is 0 Å². The van der Waals surface area contributed by atoms with E-state index in [1.807, 2.05) is 43.3 Å². The van der Waals surface area contributed by atoms with E-state index < -0.39 is 6.04 Å². The van der Waals surface area contributed by atoms with Crippen molar-refractivity contribution in [1.82, 2.24) is 20.1 Å². The number of hydrogen-bond donors (Lipinski definition) is 1. The summed E-state index contributed by atoms with van der Waals surface area (Å²) in [6, 6.07) is 10.8. The number of rotatable bonds is 4. The van der Waals surface area contributed by atoms with Crippen molar-refractivity contribution < 1.29 is 4.79 Å². The molecule has 1 atom stereocenters. The molecule has 0 unspecified atom stereocenters. The van der Waals surface area contributed by atoms with Gasteiger partial charge in [0.1, 0.15) is 6.04 Å². The maximum Gasteiger partial charge on any atom is 0.276 e. The number of benzene rings is 1. The summed E-state index contributed by atoms with van der Waals surface area (Å²) < 4.78 is 3.21. The smallest absolute Gasteiger partial charge is 0.276 e. The van der Waals surface area contributed by atoms with E-state index in [0.717, 1.165) is 26.0 Å². The second kappa shape index (κ2) is 6.92. The standard InChI is InChI=1S/C20H18N4O2S/c1-12-18-17(15-7-3-4-8-16(15)27-18)20(26)24(23-12)13(2)19(25)22-11-14-6-5-9-21-10-14/h3-10,13H,11H2,1-2H3,(H,22,25)/t13-/m0/s1. The summed E-state index contributed by atoms with van der Waals surface area (Å²) in [5, 5.41) is 8.80. The lowest BCUT2D eigenvalue weighted by molar-refractivity contribution is -0.124. The predicted octanol–water partition coefficient (Wildman–Crippen LogP) is 3.19. The van der Waals surface area contributed by atoms with Crippen LogP contribution in [-0.2, 0) is 11.3 Å². The largest absolute Gasteiger partial charge is 0.350 e. The summed E-state index contributed by atoms with van der Waals surface area (Å²) >= 11 is 1.56. The third-order valence-corrected chi connectivity index (χ3v) is 5.82. The van der Waals surface area contributed by atoms with Gasteiger partial charge >= 0.3 is 0 Å². The van der Waals surface area contributed by atoms with Gasteiger partial charge in [0.2, 0.25) is 5.91 Å². The van der Waals surface area contributed by atoms with E-state index in [-0.39, 0.29) is 11.5 Å². The van der Waals surface area contributed by atoms with Gasteiger partial charge in [-0.05, 0) is 31.5 Å². The maximum absolute atomic E-state index is 13.1. The Morgan fingerprint density at radius 3 is 2.85 bits per heavy atom. The molecule has 4 rings (SSSR count). The van der Waals surface area contributed by atoms with Crippen LogP contribution in [0.4, 0.5) is 0 Å². The molecule has 0 saturated heterocycles. The zero-order valence-corrected chi connectivity index (χ0v) is 15.8. The maximum atomic E-state index is 13.1. The van der Waals surface area contributed by atoms with Crippen LogP contribution in [0.15, 0.2) is 53.6 Å². The van der Waals surface area contributed by atoms with Gasteiger partial charge in [-0.2, -0.15) is 5.10 Å². The number of carbonyl (C=O) groups is 1. The average molecular weight is 378 g/mol. The number of aryl methyl sites for hydroxylation is 1. The highest BCUT2D eigenvalue weighted by molar-refractivity contribution is 7.26. The molecule has 0 aliphatic heterocycles. The van der Waals surface area contributed by atoms with Crippen molar-refractivity contribution in [2.45, 2.75) is 26.4 Å². The van der Waals surface area contributed by atoms with Crippen molar-refractivity contribution in [2.75, 3.05) is 0 Å². The molecule has 0 fully saturated rings. The number of carbonyl (C=O) groups excluding carboxylic acids is 1. The molecule has 1 aromatic carbocycles. The fourth-order valence-corrected chi connectivity index (χ4v) is 4.23. The first-order valence-corrected chi connectivity index (χ1v) is 9.45. The second-order valence-electron chi connectivity index (χ2n) is 6.39. The first-order chi connectivity index (χ1) is 13.1. The first kappa shape index (κ1) is 17.4. The zero-order valence-electron chi connectivity index (χ0n) is 15.0. The van der Waals surface area contributed by atoms with Gasteiger partial charge in [-0.15, -0.1) is 11.3 Å². The highest BCUT2D eigenvalue weighted by atomic mass is 32.1. The zero-order chi connectivity index (χ0) is 19.0. The summed E-state index contributed by atoms with van der Waals surface area (Å²) in [4.78, 5) is 29.7. The number of hydrogen-bond acceptors (Lipinski definition) is 5. The molecule has 0 aliphatic carbocycles. The summed E-state index contributed by atoms with van der Waals surface area (Å²) in [6.45, 7) is 3.91. The van der Waals surface area contributed by atoms with E-state index in [0.29, 0.717) is 11.9 Å². The van der Waals surface area contributed by atoms with Gasteiger partial charge in [0, 0.05) is 29.0 Å². The van der Waals surface area contributed by atoms with Gasteiger partial charge < -0.3 is 5.32 Å². The molecule has 0 bridgehead atoms. The van der Waals surface area contributed by atoms with E-state index in [1.165, 1.54) is 4.68 Å². The molecule has 6 nitrogen and oxygen atoms in total. The number of amides is 1. The third kappa shape index (κ3) is 3.10. The van der Waals surface area contributed by atoms with E-state index in [4.69, 9.17) is 0 Å². The lowest BCUT2D eigenvalue weighted by Crippen LogP contribution is -2.37. The van der Waals surface area contributed by atoms with Crippen LogP contribution in [0.1, 0.15) is 24.2 Å². The van der Waals surface area contributed by atoms with Crippen LogP contribution in [0.2, 0.25) is 0 Å². The number of thiophene rings is 1. The minimum absolute atomic E-state index is 0.239. The van der Waals surface area contributed by atoms with Gasteiger partial charge in [-0.3, -0.25) is 14.6 Å². The molecule has 0 spiro atoms. The number of nitrogens with one attached hydrogen (secondary N) is 1. The Hall–Kier alpha value is -3.06. The van der Waals surface area contributed by atoms with Crippen molar-refractivity contribution in [3.63, 3.8) is 0 Å². The molecule has 1 amide bonds. The normalized spacial score (nSPS) is 12.4. The molecule has 3 heterocycles. The summed E-state index contributed by atoms with van der Waals surface area (Å²) in [5.41, 5.74) is 1.41. The Morgan fingerprint density at radius 1 is 1.26 bits per heavy atom. The lowest BCUT2D eigenvalue weighted by atomic mass is 10.2. The topological polar surface area (TPSA) is 76.9 Å². The summed E-state index contributed by atoms with van der Waals surface area (Å²) in [6.07, 6.45) is 3.38. The van der Waals surface area contributed by atoms with E-state index in [1.54, 1.807) is 30.7 Å². The van der Waals surface area contributed by atoms with E-state index >= 15 is 0 Å². The second-order valence-corrected chi connectivity index (χ2v) is 7.44. The Morgan fingerprint density at radius 2 is 2.07 bits per heavy atom. The van der Waals surface area contributed by atoms with Crippen LogP contribution in [0, 0.1) is 6.92 Å². The molecular weight excluding hydrogens is 360 g/mol. The highest BCUT2D eigenvalue weighted by Crippen LogP contribution is 2.32. The SMILES string of the molecule is Cc1nn([C@@H](C)C(=O)NCc2cccnc2)c(=O)c2c1sc1ccccc12. The first-order valence-electron chi connectivity index (χ1n) is 8.63. The highest BCUT2D eigenvalue weighted by Gasteiger charge is 2.21. The molecule has 7 heteroatoms. The van der Waals surface area contributed by atoms with Crippen LogP contribution in [0.3, 0.4) is 0 Å². The number of nitrogens with zero attached hydrogens (tertiary/aromatic N) is 3. The lowest BCUT2D eigenvalue weighted by Gasteiger charge is -2.15. The van der Waals surface area contributed by atoms with Gasteiger partial charge in [-0.1, -0.05) is 24.3 Å². The van der Waals surface area contributed by atoms with Crippen molar-refractivity contribution >= 4 is 37.4 Å². The minimum atomic E-state index is -0.712. The molecular formula is C20H18N4O2S. The fraction of sp³-hybridized carbons (Fsp3) is 0.200. The molecule has 3 aromatic heterocycles. The van der Waals surface area contributed by atoms with Crippen molar-refractivity contribution in [3.05, 3.63) is 70.4 Å². The molecule has 136 valence electrons. The summed E-state index contributed by atoms with van der Waals surface area (Å²) in [7, 11) is 0. The Kier molecular flexibility index (Phi) is 4.45. The molecule has 0 radical (unpaired) electrons. The van der Waals surface area contributed by atoms with Crippen molar-refractivity contribution in [3.8, 4) is 0 Å². The van der Waals surface area contributed by atoms with Gasteiger partial charge in [-0.25, -0.2) is 4.68 Å². The number of fused-ring (bicyclic) bond motifs is 3. The van der Waals surface area contributed by atoms with Crippen LogP contribution < -0.4 is 10.9 Å². The summed E-state index contributed by atoms with van der Waals surface area (Å²) in [5.74, 6) is -0.258. The third-order valence-electron chi connectivity index (χ3n) is 4.54. The quantitative estimate of drug-likeness (QED) is 0.592. The monoisotopic (exact) mass is 378 g/mol. The molecule has 0 saturated carbocycles. The molecule has 27 heavy (non-hydrogen) atoms. The average Bonchev–Trinajstić information content (AvgIpc) is 3.09. The molecule has 1 N–H and O–H groups in total. The Labute approximate surface area is 159 Å². The fourth-order valence-electron chi connectivity index (χ4n) is 3.09. The van der Waals surface area contributed by atoms with Crippen LogP contribution in [0.25, 0.3) is 20.2 Å². The molecule has 4 aromatic rings. The van der Waals surface area contributed by atoms with Gasteiger partial charge in [0.15, 0.2) is 0 Å². The number of aromatic nitrogens is 3. The van der Waals surface area contributed by atoms with Crippen molar-refractivity contribution in [1.29, 1.82) is 0 Å². The van der Waals surface area contributed by atoms with E-state index in [9.17, 15) is 9.59 Å². The predicted molar refractivity (Wildman–Crippen MR) is 107 cm³/mol. The van der Waals surface area contributed by atoms with Crippen LogP contribution in [0.5, 0.6) is 0 Å². The van der Waals surface area contributed by atoms with Crippen LogP contribution >= 0.6 is 11.3 Å². The van der Waals surface area contributed by atoms with Crippen LogP contribution in [-0.4, -0.2) is 20.7 Å². The Bertz CT molecular complexity index is 1200. The van der Waals surface area contributed by atoms with E-state index in [2.05, 4.69) is 15.4 Å². The Balaban J connectivity index is 1.70. The molecule has 0 aliphatic rings. The van der Waals surface area contributed by atoms with Gasteiger partial charge in [0.25, 0.3) is 5.56 Å². The minimum Gasteiger partial charge on any atom is -0.350 e. The van der Waals surface area contributed by atoms with Gasteiger partial charge in [0.05, 0.1) is 15.8 Å².